The molecule has 22 heavy (non-hydrogen) atoms. The minimum atomic E-state index is -3.72. The standard InChI is InChI=1S/C13H15ClN4O3S/c1-17(2)13(19)9-18-8-11(7-15-18)16-22(20,21)12-5-3-10(14)4-6-12/h3-8,16H,9H2,1-2H3. The molecule has 0 unspecified atom stereocenters. The van der Waals surface area contributed by atoms with Crippen molar-refractivity contribution >= 4 is 33.2 Å². The highest BCUT2D eigenvalue weighted by Crippen LogP contribution is 2.17. The molecule has 1 N–H and O–H groups in total. The van der Waals surface area contributed by atoms with Crippen molar-refractivity contribution in [3.8, 4) is 0 Å². The number of hydrogen-bond acceptors (Lipinski definition) is 4. The number of carbonyl (C=O) groups excluding carboxylic acids is 1. The van der Waals surface area contributed by atoms with Gasteiger partial charge < -0.3 is 4.90 Å². The molecule has 0 aliphatic carbocycles. The van der Waals surface area contributed by atoms with E-state index in [2.05, 4.69) is 9.82 Å². The van der Waals surface area contributed by atoms with Crippen LogP contribution in [0.5, 0.6) is 0 Å². The number of carbonyl (C=O) groups is 1. The Balaban J connectivity index is 2.12. The first kappa shape index (κ1) is 16.3. The number of nitrogens with zero attached hydrogens (tertiary/aromatic N) is 3. The second-order valence-corrected chi connectivity index (χ2v) is 6.89. The molecule has 118 valence electrons. The number of amides is 1. The van der Waals surface area contributed by atoms with Gasteiger partial charge in [0.1, 0.15) is 6.54 Å². The van der Waals surface area contributed by atoms with Crippen LogP contribution in [0.25, 0.3) is 0 Å². The summed E-state index contributed by atoms with van der Waals surface area (Å²) < 4.78 is 28.1. The molecule has 0 saturated heterocycles. The summed E-state index contributed by atoms with van der Waals surface area (Å²) in [7, 11) is -0.449. The molecule has 1 aromatic carbocycles. The molecular formula is C13H15ClN4O3S. The molecule has 0 atom stereocenters. The summed E-state index contributed by atoms with van der Waals surface area (Å²) >= 11 is 5.73. The molecule has 1 heterocycles. The SMILES string of the molecule is CN(C)C(=O)Cn1cc(NS(=O)(=O)c2ccc(Cl)cc2)cn1. The van der Waals surface area contributed by atoms with Crippen molar-refractivity contribution in [3.63, 3.8) is 0 Å². The molecule has 2 rings (SSSR count). The number of aromatic nitrogens is 2. The van der Waals surface area contributed by atoms with Gasteiger partial charge in [0.25, 0.3) is 10.0 Å². The van der Waals surface area contributed by atoms with Crippen LogP contribution in [0.2, 0.25) is 5.02 Å². The molecule has 0 fully saturated rings. The lowest BCUT2D eigenvalue weighted by molar-refractivity contribution is -0.129. The fourth-order valence-corrected chi connectivity index (χ4v) is 2.76. The van der Waals surface area contributed by atoms with E-state index in [0.717, 1.165) is 0 Å². The Kier molecular flexibility index (Phi) is 4.72. The Morgan fingerprint density at radius 1 is 1.32 bits per heavy atom. The van der Waals surface area contributed by atoms with Crippen LogP contribution in [0, 0.1) is 0 Å². The maximum atomic E-state index is 12.2. The fourth-order valence-electron chi connectivity index (χ4n) is 1.61. The molecule has 1 amide bonds. The van der Waals surface area contributed by atoms with Crippen LogP contribution in [-0.4, -0.2) is 43.1 Å². The summed E-state index contributed by atoms with van der Waals surface area (Å²) in [6, 6.07) is 5.81. The largest absolute Gasteiger partial charge is 0.347 e. The van der Waals surface area contributed by atoms with Crippen molar-refractivity contribution in [2.24, 2.45) is 0 Å². The van der Waals surface area contributed by atoms with E-state index >= 15 is 0 Å². The molecule has 9 heteroatoms. The first-order valence-corrected chi connectivity index (χ1v) is 8.15. The van der Waals surface area contributed by atoms with Crippen molar-refractivity contribution in [2.45, 2.75) is 11.4 Å². The van der Waals surface area contributed by atoms with Crippen molar-refractivity contribution in [1.29, 1.82) is 0 Å². The van der Waals surface area contributed by atoms with Crippen molar-refractivity contribution in [2.75, 3.05) is 18.8 Å². The van der Waals surface area contributed by atoms with Gasteiger partial charge in [-0.05, 0) is 24.3 Å². The second kappa shape index (κ2) is 6.37. The van der Waals surface area contributed by atoms with Crippen LogP contribution in [0.15, 0.2) is 41.6 Å². The third-order valence-electron chi connectivity index (χ3n) is 2.81. The number of halogens is 1. The molecule has 0 radical (unpaired) electrons. The van der Waals surface area contributed by atoms with Gasteiger partial charge in [0.2, 0.25) is 5.91 Å². The van der Waals surface area contributed by atoms with Gasteiger partial charge in [-0.25, -0.2) is 8.42 Å². The van der Waals surface area contributed by atoms with Gasteiger partial charge in [0.15, 0.2) is 0 Å². The summed E-state index contributed by atoms with van der Waals surface area (Å²) in [5.41, 5.74) is 0.279. The van der Waals surface area contributed by atoms with Gasteiger partial charge >= 0.3 is 0 Å². The quantitative estimate of drug-likeness (QED) is 0.890. The summed E-state index contributed by atoms with van der Waals surface area (Å²) in [6.07, 6.45) is 2.80. The average Bonchev–Trinajstić information content (AvgIpc) is 2.85. The number of anilines is 1. The van der Waals surface area contributed by atoms with Gasteiger partial charge in [0.05, 0.1) is 16.8 Å². The first-order valence-electron chi connectivity index (χ1n) is 6.29. The van der Waals surface area contributed by atoms with E-state index in [1.807, 2.05) is 0 Å². The average molecular weight is 343 g/mol. The Morgan fingerprint density at radius 2 is 1.95 bits per heavy atom. The van der Waals surface area contributed by atoms with Crippen LogP contribution in [0.4, 0.5) is 5.69 Å². The summed E-state index contributed by atoms with van der Waals surface area (Å²) in [6.45, 7) is 0.0374. The van der Waals surface area contributed by atoms with Gasteiger partial charge in [-0.1, -0.05) is 11.6 Å². The molecule has 0 aliphatic rings. The maximum Gasteiger partial charge on any atom is 0.261 e. The van der Waals surface area contributed by atoms with Crippen LogP contribution in [0.1, 0.15) is 0 Å². The smallest absolute Gasteiger partial charge is 0.261 e. The van der Waals surface area contributed by atoms with E-state index in [1.54, 1.807) is 14.1 Å². The highest BCUT2D eigenvalue weighted by molar-refractivity contribution is 7.92. The first-order chi connectivity index (χ1) is 10.3. The number of rotatable bonds is 5. The molecule has 0 aliphatic heterocycles. The lowest BCUT2D eigenvalue weighted by atomic mass is 10.4. The zero-order valence-electron chi connectivity index (χ0n) is 12.0. The lowest BCUT2D eigenvalue weighted by Gasteiger charge is -2.09. The molecule has 0 saturated carbocycles. The number of likely N-dealkylation sites (N-methyl/N-ethyl adjacent to an activating group) is 1. The Labute approximate surface area is 133 Å². The number of hydrogen-bond donors (Lipinski definition) is 1. The Bertz CT molecular complexity index is 769. The van der Waals surface area contributed by atoms with Crippen molar-refractivity contribution in [1.82, 2.24) is 14.7 Å². The minimum Gasteiger partial charge on any atom is -0.347 e. The van der Waals surface area contributed by atoms with Crippen LogP contribution < -0.4 is 4.72 Å². The van der Waals surface area contributed by atoms with E-state index in [-0.39, 0.29) is 23.0 Å². The normalized spacial score (nSPS) is 11.2. The van der Waals surface area contributed by atoms with E-state index in [0.29, 0.717) is 5.02 Å². The number of sulfonamides is 1. The fraction of sp³-hybridized carbons (Fsp3) is 0.231. The van der Waals surface area contributed by atoms with Crippen LogP contribution >= 0.6 is 11.6 Å². The molecular weight excluding hydrogens is 328 g/mol. The molecule has 0 spiro atoms. The minimum absolute atomic E-state index is 0.0374. The van der Waals surface area contributed by atoms with E-state index in [1.165, 1.54) is 46.2 Å². The van der Waals surface area contributed by atoms with Gasteiger partial charge in [-0.3, -0.25) is 14.2 Å². The second-order valence-electron chi connectivity index (χ2n) is 4.77. The van der Waals surface area contributed by atoms with Crippen LogP contribution in [0.3, 0.4) is 0 Å². The zero-order valence-corrected chi connectivity index (χ0v) is 13.6. The predicted octanol–water partition coefficient (Wildman–Crippen LogP) is 1.43. The molecule has 0 bridgehead atoms. The van der Waals surface area contributed by atoms with E-state index in [4.69, 9.17) is 11.6 Å². The molecule has 1 aromatic heterocycles. The van der Waals surface area contributed by atoms with Crippen LogP contribution in [-0.2, 0) is 21.4 Å². The highest BCUT2D eigenvalue weighted by Gasteiger charge is 2.15. The number of benzene rings is 1. The third kappa shape index (κ3) is 3.99. The van der Waals surface area contributed by atoms with Crippen molar-refractivity contribution in [3.05, 3.63) is 41.7 Å². The summed E-state index contributed by atoms with van der Waals surface area (Å²) in [4.78, 5) is 13.1. The lowest BCUT2D eigenvalue weighted by Crippen LogP contribution is -2.26. The topological polar surface area (TPSA) is 84.3 Å². The summed E-state index contributed by atoms with van der Waals surface area (Å²) in [5.74, 6) is -0.143. The highest BCUT2D eigenvalue weighted by atomic mass is 35.5. The van der Waals surface area contributed by atoms with Gasteiger partial charge in [-0.15, -0.1) is 0 Å². The Morgan fingerprint density at radius 3 is 2.55 bits per heavy atom. The third-order valence-corrected chi connectivity index (χ3v) is 4.45. The van der Waals surface area contributed by atoms with E-state index < -0.39 is 10.0 Å². The molecule has 7 nitrogen and oxygen atoms in total. The monoisotopic (exact) mass is 342 g/mol. The Hall–Kier alpha value is -2.06. The van der Waals surface area contributed by atoms with Crippen molar-refractivity contribution < 1.29 is 13.2 Å². The zero-order chi connectivity index (χ0) is 16.3. The van der Waals surface area contributed by atoms with Gasteiger partial charge in [0, 0.05) is 25.3 Å². The van der Waals surface area contributed by atoms with E-state index in [9.17, 15) is 13.2 Å². The number of nitrogens with one attached hydrogen (secondary N) is 1. The summed E-state index contributed by atoms with van der Waals surface area (Å²) in [5, 5.41) is 4.40. The van der Waals surface area contributed by atoms with Gasteiger partial charge in [-0.2, -0.15) is 5.10 Å². The predicted molar refractivity (Wildman–Crippen MR) is 83.2 cm³/mol. The maximum absolute atomic E-state index is 12.2. The molecule has 2 aromatic rings.